The molecule has 0 spiro atoms. The van der Waals surface area contributed by atoms with Crippen LogP contribution in [0.25, 0.3) is 0 Å². The highest BCUT2D eigenvalue weighted by molar-refractivity contribution is 8.76. The Bertz CT molecular complexity index is 1230. The second-order valence-corrected chi connectivity index (χ2v) is 13.0. The van der Waals surface area contributed by atoms with Gasteiger partial charge in [-0.15, -0.1) is 0 Å². The Balaban J connectivity index is 1.37. The number of Topliss-reactive ketones (excluding diaryl/α,β-unsaturated/α-hetero) is 1. The van der Waals surface area contributed by atoms with Crippen molar-refractivity contribution >= 4 is 44.5 Å². The summed E-state index contributed by atoms with van der Waals surface area (Å²) in [5.41, 5.74) is 1.62. The van der Waals surface area contributed by atoms with Gasteiger partial charge in [0.2, 0.25) is 0 Å². The van der Waals surface area contributed by atoms with Gasteiger partial charge in [0, 0.05) is 35.5 Å². The number of hydrogen-bond donors (Lipinski definition) is 0. The fourth-order valence-electron chi connectivity index (χ4n) is 7.04. The first-order valence-corrected chi connectivity index (χ1v) is 14.7. The molecule has 1 aromatic rings. The average molecular weight is 529 g/mol. The Morgan fingerprint density at radius 1 is 1.08 bits per heavy atom. The van der Waals surface area contributed by atoms with Crippen molar-refractivity contribution in [3.05, 3.63) is 61.7 Å². The van der Waals surface area contributed by atoms with Crippen molar-refractivity contribution in [3.8, 4) is 0 Å². The molecule has 0 aliphatic heterocycles. The molecule has 0 amide bonds. The van der Waals surface area contributed by atoms with Gasteiger partial charge in [0.1, 0.15) is 5.78 Å². The lowest BCUT2D eigenvalue weighted by Crippen LogP contribution is -2.45. The van der Waals surface area contributed by atoms with E-state index in [0.29, 0.717) is 35.4 Å². The molecule has 5 rings (SSSR count). The molecule has 4 atom stereocenters. The predicted molar refractivity (Wildman–Crippen MR) is 139 cm³/mol. The van der Waals surface area contributed by atoms with Crippen LogP contribution in [0.15, 0.2) is 46.4 Å². The Morgan fingerprint density at radius 2 is 1.89 bits per heavy atom. The Hall–Kier alpha value is -2.46. The van der Waals surface area contributed by atoms with Crippen LogP contribution in [0, 0.1) is 42.9 Å². The van der Waals surface area contributed by atoms with Gasteiger partial charge in [-0.05, 0) is 62.5 Å². The minimum Gasteiger partial charge on any atom is -0.299 e. The molecule has 2 saturated carbocycles. The molecule has 1 aromatic carbocycles. The lowest BCUT2D eigenvalue weighted by Gasteiger charge is -2.53. The monoisotopic (exact) mass is 528 g/mol. The molecule has 36 heavy (non-hydrogen) atoms. The van der Waals surface area contributed by atoms with E-state index in [1.54, 1.807) is 0 Å². The summed E-state index contributed by atoms with van der Waals surface area (Å²) in [7, 11) is 2.77. The zero-order chi connectivity index (χ0) is 25.7. The number of ketones is 2. The van der Waals surface area contributed by atoms with E-state index in [1.807, 2.05) is 6.08 Å². The summed E-state index contributed by atoms with van der Waals surface area (Å²) in [4.78, 5) is 46.7. The maximum absolute atomic E-state index is 12.7. The Morgan fingerprint density at radius 3 is 2.64 bits per heavy atom. The maximum atomic E-state index is 12.7. The van der Waals surface area contributed by atoms with Crippen LogP contribution in [0.2, 0.25) is 0 Å². The molecule has 190 valence electrons. The molecule has 4 aliphatic carbocycles. The first kappa shape index (κ1) is 25.2. The zero-order valence-corrected chi connectivity index (χ0v) is 21.7. The van der Waals surface area contributed by atoms with Gasteiger partial charge in [0.15, 0.2) is 5.78 Å². The van der Waals surface area contributed by atoms with Crippen LogP contribution in [0.1, 0.15) is 58.3 Å². The number of carbonyl (C=O) groups excluding carboxylic acids is 2. The largest absolute Gasteiger partial charge is 0.299 e. The number of nitro groups is 2. The van der Waals surface area contributed by atoms with Gasteiger partial charge >= 0.3 is 0 Å². The highest BCUT2D eigenvalue weighted by atomic mass is 33.1. The Labute approximate surface area is 217 Å². The number of benzene rings is 1. The highest BCUT2D eigenvalue weighted by Crippen LogP contribution is 2.63. The van der Waals surface area contributed by atoms with Crippen molar-refractivity contribution in [3.63, 3.8) is 0 Å². The summed E-state index contributed by atoms with van der Waals surface area (Å²) in [6.45, 7) is 2.13. The van der Waals surface area contributed by atoms with Crippen molar-refractivity contribution < 1.29 is 19.4 Å². The molecule has 0 bridgehead atoms. The summed E-state index contributed by atoms with van der Waals surface area (Å²) < 4.78 is 0. The SMILES string of the molecule is C[C@]12CC=C3C(CCC4=CC(=O)CC[C@@]43CCSSc3ccc([N+](=O)[O-])cc3[N+](=O)[O-])C1CCC2=O. The molecule has 0 radical (unpaired) electrons. The van der Waals surface area contributed by atoms with E-state index in [1.165, 1.54) is 44.9 Å². The van der Waals surface area contributed by atoms with Crippen LogP contribution in [-0.2, 0) is 9.59 Å². The molecule has 0 saturated heterocycles. The topological polar surface area (TPSA) is 120 Å². The number of fused-ring (bicyclic) bond motifs is 5. The van der Waals surface area contributed by atoms with Gasteiger partial charge < -0.3 is 0 Å². The van der Waals surface area contributed by atoms with Gasteiger partial charge in [-0.25, -0.2) is 0 Å². The summed E-state index contributed by atoms with van der Waals surface area (Å²) >= 11 is 0. The van der Waals surface area contributed by atoms with E-state index in [0.717, 1.165) is 50.3 Å². The summed E-state index contributed by atoms with van der Waals surface area (Å²) in [5.74, 6) is 2.02. The number of nitro benzene ring substituents is 2. The van der Waals surface area contributed by atoms with E-state index in [4.69, 9.17) is 0 Å². The number of rotatable bonds is 7. The minimum atomic E-state index is -0.633. The van der Waals surface area contributed by atoms with Crippen LogP contribution in [0.5, 0.6) is 0 Å². The first-order valence-electron chi connectivity index (χ1n) is 12.4. The van der Waals surface area contributed by atoms with Gasteiger partial charge in [-0.3, -0.25) is 29.8 Å². The molecule has 8 nitrogen and oxygen atoms in total. The van der Waals surface area contributed by atoms with Crippen molar-refractivity contribution in [1.82, 2.24) is 0 Å². The molecule has 2 unspecified atom stereocenters. The fraction of sp³-hybridized carbons (Fsp3) is 0.538. The van der Waals surface area contributed by atoms with Gasteiger partial charge in [-0.2, -0.15) is 0 Å². The summed E-state index contributed by atoms with van der Waals surface area (Å²) in [6.07, 6.45) is 10.5. The lowest BCUT2D eigenvalue weighted by atomic mass is 9.50. The third-order valence-corrected chi connectivity index (χ3v) is 11.3. The average Bonchev–Trinajstić information content (AvgIpc) is 3.16. The summed E-state index contributed by atoms with van der Waals surface area (Å²) in [6, 6.07) is 3.74. The van der Waals surface area contributed by atoms with E-state index >= 15 is 0 Å². The molecule has 4 aliphatic rings. The second-order valence-electron chi connectivity index (χ2n) is 10.5. The number of allylic oxidation sites excluding steroid dienone is 4. The number of non-ortho nitro benzene ring substituents is 1. The normalized spacial score (nSPS) is 31.1. The molecule has 0 aromatic heterocycles. The molecule has 2 fully saturated rings. The van der Waals surface area contributed by atoms with Gasteiger partial charge in [0.25, 0.3) is 11.4 Å². The molecular formula is C26H28N2O6S2. The number of hydrogen-bond acceptors (Lipinski definition) is 8. The first-order chi connectivity index (χ1) is 17.2. The van der Waals surface area contributed by atoms with Crippen LogP contribution >= 0.6 is 21.6 Å². The maximum Gasteiger partial charge on any atom is 0.290 e. The van der Waals surface area contributed by atoms with E-state index < -0.39 is 9.85 Å². The van der Waals surface area contributed by atoms with Gasteiger partial charge in [0.05, 0.1) is 20.8 Å². The van der Waals surface area contributed by atoms with Crippen molar-refractivity contribution in [1.29, 1.82) is 0 Å². The quantitative estimate of drug-likeness (QED) is 0.127. The van der Waals surface area contributed by atoms with Crippen molar-refractivity contribution in [2.24, 2.45) is 22.7 Å². The van der Waals surface area contributed by atoms with E-state index in [2.05, 4.69) is 13.0 Å². The third kappa shape index (κ3) is 4.12. The van der Waals surface area contributed by atoms with Crippen LogP contribution < -0.4 is 0 Å². The molecule has 0 N–H and O–H groups in total. The van der Waals surface area contributed by atoms with Crippen LogP contribution in [-0.4, -0.2) is 27.2 Å². The van der Waals surface area contributed by atoms with Gasteiger partial charge in [-0.1, -0.05) is 45.7 Å². The standard InChI is InChI=1S/C26H28N2O6S2/c1-25-10-9-21-19(20(25)5-7-24(25)30)4-2-16-14-18(29)8-11-26(16,21)12-13-35-36-23-6-3-17(27(31)32)15-22(23)28(33)34/h3,6,9,14-15,19-20H,2,4-5,7-8,10-13H2,1H3/t19?,20?,25-,26+/m0/s1. The van der Waals surface area contributed by atoms with Crippen molar-refractivity contribution in [2.75, 3.05) is 5.75 Å². The minimum absolute atomic E-state index is 0.180. The third-order valence-electron chi connectivity index (χ3n) is 8.91. The fourth-order valence-corrected chi connectivity index (χ4v) is 9.33. The summed E-state index contributed by atoms with van der Waals surface area (Å²) in [5, 5.41) is 22.5. The molecule has 0 heterocycles. The lowest BCUT2D eigenvalue weighted by molar-refractivity contribution is -0.396. The number of carbonyl (C=O) groups is 2. The van der Waals surface area contributed by atoms with E-state index in [-0.39, 0.29) is 28.0 Å². The van der Waals surface area contributed by atoms with E-state index in [9.17, 15) is 29.8 Å². The second kappa shape index (κ2) is 9.45. The Kier molecular flexibility index (Phi) is 6.61. The highest BCUT2D eigenvalue weighted by Gasteiger charge is 2.56. The van der Waals surface area contributed by atoms with Crippen LogP contribution in [0.4, 0.5) is 11.4 Å². The smallest absolute Gasteiger partial charge is 0.290 e. The predicted octanol–water partition coefficient (Wildman–Crippen LogP) is 6.63. The molecular weight excluding hydrogens is 500 g/mol. The number of nitrogens with zero attached hydrogens (tertiary/aromatic N) is 2. The zero-order valence-electron chi connectivity index (χ0n) is 20.1. The van der Waals surface area contributed by atoms with Crippen molar-refractivity contribution in [2.45, 2.75) is 63.2 Å². The molecule has 10 heteroatoms. The van der Waals surface area contributed by atoms with Crippen LogP contribution in [0.3, 0.4) is 0 Å².